The van der Waals surface area contributed by atoms with Crippen LogP contribution >= 0.6 is 11.3 Å². The Morgan fingerprint density at radius 2 is 2.00 bits per heavy atom. The normalized spacial score (nSPS) is 15.7. The molecule has 5 heteroatoms. The summed E-state index contributed by atoms with van der Waals surface area (Å²) >= 11 is 1.71. The van der Waals surface area contributed by atoms with Crippen LogP contribution in [0.4, 0.5) is 5.82 Å². The first-order chi connectivity index (χ1) is 11.6. The van der Waals surface area contributed by atoms with Crippen molar-refractivity contribution in [1.82, 2.24) is 9.97 Å². The van der Waals surface area contributed by atoms with Crippen LogP contribution in [0.1, 0.15) is 56.9 Å². The first kappa shape index (κ1) is 17.1. The summed E-state index contributed by atoms with van der Waals surface area (Å²) in [5.41, 5.74) is 1.08. The number of hydrogen-bond acceptors (Lipinski definition) is 4. The van der Waals surface area contributed by atoms with Gasteiger partial charge >= 0.3 is 0 Å². The summed E-state index contributed by atoms with van der Waals surface area (Å²) in [4.78, 5) is 24.5. The Hall–Kier alpha value is -1.75. The molecule has 0 saturated heterocycles. The van der Waals surface area contributed by atoms with Crippen LogP contribution in [-0.4, -0.2) is 22.9 Å². The summed E-state index contributed by atoms with van der Waals surface area (Å²) in [6.07, 6.45) is 9.30. The average Bonchev–Trinajstić information content (AvgIpc) is 3.12. The molecule has 0 aromatic carbocycles. The number of anilines is 1. The van der Waals surface area contributed by atoms with Gasteiger partial charge in [-0.25, -0.2) is 9.97 Å². The lowest BCUT2D eigenvalue weighted by atomic mass is 9.88. The van der Waals surface area contributed by atoms with Crippen LogP contribution in [0, 0.1) is 5.92 Å². The molecule has 1 saturated carbocycles. The van der Waals surface area contributed by atoms with Crippen molar-refractivity contribution >= 4 is 23.1 Å². The number of thiazole rings is 1. The van der Waals surface area contributed by atoms with Gasteiger partial charge < -0.3 is 0 Å². The van der Waals surface area contributed by atoms with Crippen molar-refractivity contribution in [3.05, 3.63) is 29.5 Å². The second-order valence-electron chi connectivity index (χ2n) is 6.85. The zero-order chi connectivity index (χ0) is 17.1. The van der Waals surface area contributed by atoms with Crippen molar-refractivity contribution in [2.45, 2.75) is 51.9 Å². The number of rotatable bonds is 4. The number of nitrogens with zero attached hydrogens (tertiary/aromatic N) is 3. The van der Waals surface area contributed by atoms with E-state index in [9.17, 15) is 4.79 Å². The summed E-state index contributed by atoms with van der Waals surface area (Å²) < 4.78 is 0. The standard InChI is InChI=1S/C19H25N3OS/c1-13(2)18-21-12-16(24-18)15-9-10-20-17(11-15)22(3)19(23)14-7-5-4-6-8-14/h9-14H,4-8H2,1-3H3. The molecule has 3 rings (SSSR count). The van der Waals surface area contributed by atoms with Gasteiger partial charge in [-0.1, -0.05) is 33.1 Å². The number of amides is 1. The Kier molecular flexibility index (Phi) is 5.29. The van der Waals surface area contributed by atoms with E-state index in [4.69, 9.17) is 0 Å². The highest BCUT2D eigenvalue weighted by molar-refractivity contribution is 7.15. The molecule has 0 spiro atoms. The quantitative estimate of drug-likeness (QED) is 0.795. The Labute approximate surface area is 147 Å². The fraction of sp³-hybridized carbons (Fsp3) is 0.526. The van der Waals surface area contributed by atoms with Crippen LogP contribution < -0.4 is 4.90 Å². The maximum atomic E-state index is 12.7. The van der Waals surface area contributed by atoms with Crippen molar-refractivity contribution < 1.29 is 4.79 Å². The lowest BCUT2D eigenvalue weighted by Gasteiger charge is -2.26. The van der Waals surface area contributed by atoms with Gasteiger partial charge in [0.15, 0.2) is 0 Å². The summed E-state index contributed by atoms with van der Waals surface area (Å²) in [6, 6.07) is 3.98. The molecule has 1 amide bonds. The van der Waals surface area contributed by atoms with Gasteiger partial charge in [0, 0.05) is 31.3 Å². The van der Waals surface area contributed by atoms with Crippen molar-refractivity contribution in [1.29, 1.82) is 0 Å². The molecule has 2 heterocycles. The van der Waals surface area contributed by atoms with E-state index in [-0.39, 0.29) is 11.8 Å². The molecule has 1 aliphatic rings. The van der Waals surface area contributed by atoms with E-state index in [1.54, 1.807) is 22.4 Å². The molecule has 2 aromatic rings. The molecule has 0 radical (unpaired) electrons. The SMILES string of the molecule is CC(C)c1ncc(-c2ccnc(N(C)C(=O)C3CCCCC3)c2)s1. The average molecular weight is 343 g/mol. The van der Waals surface area contributed by atoms with E-state index in [0.717, 1.165) is 46.9 Å². The number of hydrogen-bond donors (Lipinski definition) is 0. The van der Waals surface area contributed by atoms with Crippen LogP contribution in [0.25, 0.3) is 10.4 Å². The predicted octanol–water partition coefficient (Wildman–Crippen LogP) is 4.87. The molecule has 1 aliphatic carbocycles. The van der Waals surface area contributed by atoms with Gasteiger partial charge in [-0.15, -0.1) is 11.3 Å². The van der Waals surface area contributed by atoms with Crippen LogP contribution in [0.15, 0.2) is 24.5 Å². The van der Waals surface area contributed by atoms with Crippen molar-refractivity contribution in [3.63, 3.8) is 0 Å². The number of carbonyl (C=O) groups excluding carboxylic acids is 1. The summed E-state index contributed by atoms with van der Waals surface area (Å²) in [7, 11) is 1.84. The van der Waals surface area contributed by atoms with Crippen LogP contribution in [0.2, 0.25) is 0 Å². The molecule has 0 N–H and O–H groups in total. The molecular formula is C19H25N3OS. The number of carbonyl (C=O) groups is 1. The first-order valence-electron chi connectivity index (χ1n) is 8.76. The fourth-order valence-electron chi connectivity index (χ4n) is 3.18. The molecule has 0 atom stereocenters. The van der Waals surface area contributed by atoms with Crippen molar-refractivity contribution in [3.8, 4) is 10.4 Å². The van der Waals surface area contributed by atoms with Crippen molar-refractivity contribution in [2.75, 3.05) is 11.9 Å². The minimum absolute atomic E-state index is 0.158. The van der Waals surface area contributed by atoms with Crippen LogP contribution in [-0.2, 0) is 4.79 Å². The Bertz CT molecular complexity index is 704. The Balaban J connectivity index is 1.79. The van der Waals surface area contributed by atoms with E-state index < -0.39 is 0 Å². The van der Waals surface area contributed by atoms with Gasteiger partial charge in [0.2, 0.25) is 5.91 Å². The monoisotopic (exact) mass is 343 g/mol. The van der Waals surface area contributed by atoms with E-state index in [2.05, 4.69) is 23.8 Å². The lowest BCUT2D eigenvalue weighted by Crippen LogP contribution is -2.34. The van der Waals surface area contributed by atoms with Gasteiger partial charge in [-0.05, 0) is 30.5 Å². The second-order valence-corrected chi connectivity index (χ2v) is 7.91. The van der Waals surface area contributed by atoms with Gasteiger partial charge in [0.05, 0.1) is 9.88 Å². The molecule has 0 unspecified atom stereocenters. The third-order valence-corrected chi connectivity index (χ3v) is 6.02. The van der Waals surface area contributed by atoms with Gasteiger partial charge in [0.1, 0.15) is 5.82 Å². The van der Waals surface area contributed by atoms with Crippen LogP contribution in [0.3, 0.4) is 0 Å². The van der Waals surface area contributed by atoms with E-state index in [1.807, 2.05) is 25.4 Å². The maximum absolute atomic E-state index is 12.7. The molecule has 4 nitrogen and oxygen atoms in total. The third-order valence-electron chi connectivity index (χ3n) is 4.68. The van der Waals surface area contributed by atoms with Gasteiger partial charge in [-0.2, -0.15) is 0 Å². The second kappa shape index (κ2) is 7.43. The third kappa shape index (κ3) is 3.66. The highest BCUT2D eigenvalue weighted by Crippen LogP contribution is 2.32. The molecule has 2 aromatic heterocycles. The maximum Gasteiger partial charge on any atom is 0.230 e. The summed E-state index contributed by atoms with van der Waals surface area (Å²) in [5, 5.41) is 1.13. The number of aromatic nitrogens is 2. The highest BCUT2D eigenvalue weighted by atomic mass is 32.1. The molecule has 128 valence electrons. The molecule has 1 fully saturated rings. The highest BCUT2D eigenvalue weighted by Gasteiger charge is 2.25. The molecule has 24 heavy (non-hydrogen) atoms. The minimum atomic E-state index is 0.158. The fourth-order valence-corrected chi connectivity index (χ4v) is 4.10. The minimum Gasteiger partial charge on any atom is -0.300 e. The number of pyridine rings is 1. The zero-order valence-corrected chi connectivity index (χ0v) is 15.5. The summed E-state index contributed by atoms with van der Waals surface area (Å²) in [6.45, 7) is 4.30. The largest absolute Gasteiger partial charge is 0.300 e. The predicted molar refractivity (Wildman–Crippen MR) is 99.4 cm³/mol. The molecule has 0 aliphatic heterocycles. The topological polar surface area (TPSA) is 46.1 Å². The Morgan fingerprint density at radius 1 is 1.25 bits per heavy atom. The van der Waals surface area contributed by atoms with Gasteiger partial charge in [0.25, 0.3) is 0 Å². The molecular weight excluding hydrogens is 318 g/mol. The van der Waals surface area contributed by atoms with Gasteiger partial charge in [-0.3, -0.25) is 9.69 Å². The molecule has 0 bridgehead atoms. The van der Waals surface area contributed by atoms with E-state index in [1.165, 1.54) is 6.42 Å². The van der Waals surface area contributed by atoms with E-state index >= 15 is 0 Å². The van der Waals surface area contributed by atoms with Crippen molar-refractivity contribution in [2.24, 2.45) is 5.92 Å². The zero-order valence-electron chi connectivity index (χ0n) is 14.7. The van der Waals surface area contributed by atoms with Crippen LogP contribution in [0.5, 0.6) is 0 Å². The Morgan fingerprint density at radius 3 is 2.67 bits per heavy atom. The smallest absolute Gasteiger partial charge is 0.230 e. The first-order valence-corrected chi connectivity index (χ1v) is 9.57. The lowest BCUT2D eigenvalue weighted by molar-refractivity contribution is -0.123. The summed E-state index contributed by atoms with van der Waals surface area (Å²) in [5.74, 6) is 1.51. The van der Waals surface area contributed by atoms with E-state index in [0.29, 0.717) is 5.92 Å².